The fraction of sp³-hybridized carbons (Fsp3) is 0.318. The molecule has 0 spiro atoms. The molecule has 4 aromatic rings. The maximum absolute atomic E-state index is 4.89. The van der Waals surface area contributed by atoms with Crippen LogP contribution in [-0.2, 0) is 13.0 Å². The van der Waals surface area contributed by atoms with Crippen LogP contribution in [0.1, 0.15) is 30.1 Å². The second-order valence-electron chi connectivity index (χ2n) is 7.91. The van der Waals surface area contributed by atoms with Crippen molar-refractivity contribution in [2.24, 2.45) is 0 Å². The number of hydrogen-bond acceptors (Lipinski definition) is 6. The van der Waals surface area contributed by atoms with Gasteiger partial charge in [-0.3, -0.25) is 9.67 Å². The van der Waals surface area contributed by atoms with Gasteiger partial charge in [-0.25, -0.2) is 9.67 Å². The van der Waals surface area contributed by atoms with E-state index in [1.807, 2.05) is 35.3 Å². The Morgan fingerprint density at radius 3 is 3.00 bits per heavy atom. The molecule has 30 heavy (non-hydrogen) atoms. The normalized spacial score (nSPS) is 16.7. The lowest BCUT2D eigenvalue weighted by Crippen LogP contribution is -2.29. The second-order valence-corrected chi connectivity index (χ2v) is 7.91. The molecule has 0 unspecified atom stereocenters. The lowest BCUT2D eigenvalue weighted by molar-refractivity contribution is 0.343. The van der Waals surface area contributed by atoms with Gasteiger partial charge < -0.3 is 5.32 Å². The molecule has 0 amide bonds. The van der Waals surface area contributed by atoms with Crippen molar-refractivity contribution in [1.82, 2.24) is 40.1 Å². The summed E-state index contributed by atoms with van der Waals surface area (Å²) in [6.45, 7) is 2.73. The average molecular weight is 398 g/mol. The van der Waals surface area contributed by atoms with Crippen molar-refractivity contribution in [3.63, 3.8) is 0 Å². The van der Waals surface area contributed by atoms with Gasteiger partial charge in [0.2, 0.25) is 0 Å². The summed E-state index contributed by atoms with van der Waals surface area (Å²) in [6, 6.07) is 8.54. The smallest absolute Gasteiger partial charge is 0.179 e. The monoisotopic (exact) mass is 398 g/mol. The SMILES string of the molecule is C1=C(Cn2nnc3ccc(-c4cnn(C5CCNCC5)c4)nc32)c2cccnc2C1. The van der Waals surface area contributed by atoms with Crippen LogP contribution in [0.15, 0.2) is 48.9 Å². The van der Waals surface area contributed by atoms with Gasteiger partial charge in [0.05, 0.1) is 30.2 Å². The van der Waals surface area contributed by atoms with E-state index < -0.39 is 0 Å². The van der Waals surface area contributed by atoms with Gasteiger partial charge in [-0.1, -0.05) is 17.4 Å². The van der Waals surface area contributed by atoms with Crippen LogP contribution in [0.5, 0.6) is 0 Å². The number of allylic oxidation sites excluding steroid dienone is 2. The minimum Gasteiger partial charge on any atom is -0.317 e. The van der Waals surface area contributed by atoms with E-state index in [0.717, 1.165) is 60.5 Å². The van der Waals surface area contributed by atoms with Crippen molar-refractivity contribution in [3.8, 4) is 11.3 Å². The van der Waals surface area contributed by atoms with Crippen LogP contribution in [-0.4, -0.2) is 47.8 Å². The highest BCUT2D eigenvalue weighted by Crippen LogP contribution is 2.28. The summed E-state index contributed by atoms with van der Waals surface area (Å²) in [7, 11) is 0. The first kappa shape index (κ1) is 17.5. The first-order valence-corrected chi connectivity index (χ1v) is 10.4. The van der Waals surface area contributed by atoms with Gasteiger partial charge in [-0.15, -0.1) is 5.10 Å². The van der Waals surface area contributed by atoms with Gasteiger partial charge in [0.1, 0.15) is 5.52 Å². The Labute approximate surface area is 173 Å². The van der Waals surface area contributed by atoms with Crippen LogP contribution in [0.3, 0.4) is 0 Å². The summed E-state index contributed by atoms with van der Waals surface area (Å²) < 4.78 is 3.97. The number of piperidine rings is 1. The highest BCUT2D eigenvalue weighted by molar-refractivity contribution is 5.76. The van der Waals surface area contributed by atoms with E-state index in [1.54, 1.807) is 0 Å². The molecule has 0 atom stereocenters. The molecule has 0 radical (unpaired) electrons. The predicted octanol–water partition coefficient (Wildman–Crippen LogP) is 2.65. The zero-order valence-corrected chi connectivity index (χ0v) is 16.6. The van der Waals surface area contributed by atoms with Crippen molar-refractivity contribution in [3.05, 3.63) is 60.2 Å². The lowest BCUT2D eigenvalue weighted by Gasteiger charge is -2.22. The largest absolute Gasteiger partial charge is 0.317 e. The molecule has 1 fully saturated rings. The van der Waals surface area contributed by atoms with E-state index in [1.165, 1.54) is 11.1 Å². The van der Waals surface area contributed by atoms with Crippen molar-refractivity contribution < 1.29 is 0 Å². The Balaban J connectivity index is 1.31. The highest BCUT2D eigenvalue weighted by atomic mass is 15.4. The van der Waals surface area contributed by atoms with Crippen molar-refractivity contribution in [2.75, 3.05) is 13.1 Å². The van der Waals surface area contributed by atoms with E-state index in [9.17, 15) is 0 Å². The quantitative estimate of drug-likeness (QED) is 0.569. The molecular weight excluding hydrogens is 376 g/mol. The molecule has 1 saturated heterocycles. The number of nitrogens with one attached hydrogen (secondary N) is 1. The van der Waals surface area contributed by atoms with E-state index >= 15 is 0 Å². The van der Waals surface area contributed by atoms with Crippen LogP contribution in [0.2, 0.25) is 0 Å². The topological polar surface area (TPSA) is 86.3 Å². The Morgan fingerprint density at radius 2 is 2.07 bits per heavy atom. The summed E-state index contributed by atoms with van der Waals surface area (Å²) in [5, 5.41) is 16.7. The maximum Gasteiger partial charge on any atom is 0.179 e. The van der Waals surface area contributed by atoms with Gasteiger partial charge in [-0.2, -0.15) is 5.10 Å². The van der Waals surface area contributed by atoms with Crippen molar-refractivity contribution >= 4 is 16.7 Å². The number of fused-ring (bicyclic) bond motifs is 2. The summed E-state index contributed by atoms with van der Waals surface area (Å²) in [4.78, 5) is 9.36. The molecule has 1 aliphatic carbocycles. The van der Waals surface area contributed by atoms with Crippen LogP contribution in [0.4, 0.5) is 0 Å². The average Bonchev–Trinajstić information content (AvgIpc) is 3.54. The molecule has 5 heterocycles. The molecule has 0 saturated carbocycles. The van der Waals surface area contributed by atoms with E-state index in [-0.39, 0.29) is 0 Å². The fourth-order valence-corrected chi connectivity index (χ4v) is 4.40. The van der Waals surface area contributed by atoms with Gasteiger partial charge in [-0.05, 0) is 49.7 Å². The summed E-state index contributed by atoms with van der Waals surface area (Å²) >= 11 is 0. The Morgan fingerprint density at radius 1 is 1.13 bits per heavy atom. The third-order valence-corrected chi connectivity index (χ3v) is 6.04. The van der Waals surface area contributed by atoms with Crippen LogP contribution >= 0.6 is 0 Å². The van der Waals surface area contributed by atoms with Crippen LogP contribution in [0, 0.1) is 0 Å². The molecule has 0 aromatic carbocycles. The standard InChI is InChI=1S/C22H22N8/c1-2-18-15(3-4-20(18)24-9-1)13-30-22-21(27-28-30)6-5-19(26-22)16-12-25-29(14-16)17-7-10-23-11-8-17/h1-3,5-6,9,12,14,17,23H,4,7-8,10-11,13H2. The molecule has 6 rings (SSSR count). The zero-order valence-electron chi connectivity index (χ0n) is 16.6. The van der Waals surface area contributed by atoms with Crippen molar-refractivity contribution in [2.45, 2.75) is 31.8 Å². The molecule has 2 aliphatic rings. The number of pyridine rings is 2. The van der Waals surface area contributed by atoms with Gasteiger partial charge in [0.15, 0.2) is 5.65 Å². The summed E-state index contributed by atoms with van der Waals surface area (Å²) in [5.74, 6) is 0. The predicted molar refractivity (Wildman–Crippen MR) is 114 cm³/mol. The summed E-state index contributed by atoms with van der Waals surface area (Å²) in [6.07, 6.45) is 11.2. The third kappa shape index (κ3) is 3.00. The lowest BCUT2D eigenvalue weighted by atomic mass is 10.1. The van der Waals surface area contributed by atoms with E-state index in [2.05, 4.69) is 48.7 Å². The molecular formula is C22H22N8. The number of nitrogens with zero attached hydrogens (tertiary/aromatic N) is 7. The van der Waals surface area contributed by atoms with Gasteiger partial charge in [0.25, 0.3) is 0 Å². The zero-order chi connectivity index (χ0) is 19.9. The summed E-state index contributed by atoms with van der Waals surface area (Å²) in [5.41, 5.74) is 7.05. The molecule has 8 nitrogen and oxygen atoms in total. The fourth-order valence-electron chi connectivity index (χ4n) is 4.40. The van der Waals surface area contributed by atoms with Crippen LogP contribution < -0.4 is 5.32 Å². The van der Waals surface area contributed by atoms with E-state index in [4.69, 9.17) is 4.98 Å². The minimum atomic E-state index is 0.457. The molecule has 1 N–H and O–H groups in total. The first-order valence-electron chi connectivity index (χ1n) is 10.4. The second kappa shape index (κ2) is 7.14. The number of aromatic nitrogens is 7. The molecule has 150 valence electrons. The van der Waals surface area contributed by atoms with Gasteiger partial charge >= 0.3 is 0 Å². The Hall–Kier alpha value is -3.39. The molecule has 4 aromatic heterocycles. The minimum absolute atomic E-state index is 0.457. The third-order valence-electron chi connectivity index (χ3n) is 6.04. The van der Waals surface area contributed by atoms with Crippen molar-refractivity contribution in [1.29, 1.82) is 0 Å². The molecule has 0 bridgehead atoms. The van der Waals surface area contributed by atoms with Crippen LogP contribution in [0.25, 0.3) is 28.0 Å². The maximum atomic E-state index is 4.89. The Kier molecular flexibility index (Phi) is 4.16. The molecule has 1 aliphatic heterocycles. The Bertz CT molecular complexity index is 1250. The van der Waals surface area contributed by atoms with E-state index in [0.29, 0.717) is 12.6 Å². The first-order chi connectivity index (χ1) is 14.8. The highest BCUT2D eigenvalue weighted by Gasteiger charge is 2.19. The molecule has 8 heteroatoms. The van der Waals surface area contributed by atoms with Gasteiger partial charge in [0, 0.05) is 29.9 Å². The number of hydrogen-bond donors (Lipinski definition) is 1. The number of rotatable bonds is 4.